The molecule has 1 unspecified atom stereocenters. The molecule has 0 heterocycles. The Balaban J connectivity index is 2.07. The molecular weight excluding hydrogens is 227 g/mol. The molecule has 0 saturated heterocycles. The van der Waals surface area contributed by atoms with Crippen molar-refractivity contribution in [3.63, 3.8) is 0 Å². The molecule has 1 aliphatic carbocycles. The SMILES string of the molecule is OC(CC1CCCC1)c1cccc(F)c1Cl. The maximum Gasteiger partial charge on any atom is 0.142 e. The first-order valence-electron chi connectivity index (χ1n) is 5.80. The standard InChI is InChI=1S/C13H16ClFO/c14-13-10(6-3-7-11(13)15)12(16)8-9-4-1-2-5-9/h3,6-7,9,12,16H,1-2,4-5,8H2. The lowest BCUT2D eigenvalue weighted by Gasteiger charge is -2.16. The van der Waals surface area contributed by atoms with Crippen LogP contribution in [0.4, 0.5) is 4.39 Å². The molecule has 1 fully saturated rings. The van der Waals surface area contributed by atoms with Gasteiger partial charge in [-0.25, -0.2) is 4.39 Å². The maximum absolute atomic E-state index is 13.2. The van der Waals surface area contributed by atoms with Crippen LogP contribution in [0.1, 0.15) is 43.8 Å². The highest BCUT2D eigenvalue weighted by atomic mass is 35.5. The van der Waals surface area contributed by atoms with Gasteiger partial charge in [-0.1, -0.05) is 49.4 Å². The third-order valence-electron chi connectivity index (χ3n) is 3.37. The van der Waals surface area contributed by atoms with E-state index in [9.17, 15) is 9.50 Å². The lowest BCUT2D eigenvalue weighted by molar-refractivity contribution is 0.144. The molecule has 1 saturated carbocycles. The van der Waals surface area contributed by atoms with Crippen molar-refractivity contribution >= 4 is 11.6 Å². The van der Waals surface area contributed by atoms with Gasteiger partial charge in [-0.3, -0.25) is 0 Å². The van der Waals surface area contributed by atoms with Crippen LogP contribution in [-0.2, 0) is 0 Å². The number of hydrogen-bond acceptors (Lipinski definition) is 1. The molecule has 0 aliphatic heterocycles. The first-order valence-corrected chi connectivity index (χ1v) is 6.18. The molecule has 0 radical (unpaired) electrons. The zero-order valence-electron chi connectivity index (χ0n) is 9.13. The topological polar surface area (TPSA) is 20.2 Å². The summed E-state index contributed by atoms with van der Waals surface area (Å²) in [5.74, 6) is 0.110. The smallest absolute Gasteiger partial charge is 0.142 e. The minimum Gasteiger partial charge on any atom is -0.388 e. The second kappa shape index (κ2) is 5.15. The summed E-state index contributed by atoms with van der Waals surface area (Å²) in [6.07, 6.45) is 4.89. The van der Waals surface area contributed by atoms with Crippen molar-refractivity contribution in [3.05, 3.63) is 34.6 Å². The zero-order chi connectivity index (χ0) is 11.5. The van der Waals surface area contributed by atoms with Gasteiger partial charge in [-0.2, -0.15) is 0 Å². The van der Waals surface area contributed by atoms with Gasteiger partial charge < -0.3 is 5.11 Å². The van der Waals surface area contributed by atoms with Gasteiger partial charge in [0.2, 0.25) is 0 Å². The van der Waals surface area contributed by atoms with Crippen LogP contribution in [0, 0.1) is 11.7 Å². The van der Waals surface area contributed by atoms with Crippen LogP contribution in [0.2, 0.25) is 5.02 Å². The summed E-state index contributed by atoms with van der Waals surface area (Å²) in [6, 6.07) is 4.60. The van der Waals surface area contributed by atoms with Crippen LogP contribution in [0.3, 0.4) is 0 Å². The van der Waals surface area contributed by atoms with Crippen LogP contribution in [0.5, 0.6) is 0 Å². The monoisotopic (exact) mass is 242 g/mol. The molecule has 1 atom stereocenters. The Kier molecular flexibility index (Phi) is 3.82. The fraction of sp³-hybridized carbons (Fsp3) is 0.538. The van der Waals surface area contributed by atoms with Crippen molar-refractivity contribution in [2.24, 2.45) is 5.92 Å². The van der Waals surface area contributed by atoms with Crippen LogP contribution in [-0.4, -0.2) is 5.11 Å². The lowest BCUT2D eigenvalue weighted by atomic mass is 9.95. The number of hydrogen-bond donors (Lipinski definition) is 1. The molecule has 1 aromatic carbocycles. The average Bonchev–Trinajstić information content (AvgIpc) is 2.74. The Morgan fingerprint density at radius 2 is 2.06 bits per heavy atom. The Morgan fingerprint density at radius 3 is 2.75 bits per heavy atom. The van der Waals surface area contributed by atoms with Crippen LogP contribution >= 0.6 is 11.6 Å². The fourth-order valence-electron chi connectivity index (χ4n) is 2.47. The van der Waals surface area contributed by atoms with Crippen molar-refractivity contribution in [1.82, 2.24) is 0 Å². The summed E-state index contributed by atoms with van der Waals surface area (Å²) in [5.41, 5.74) is 0.522. The van der Waals surface area contributed by atoms with E-state index in [2.05, 4.69) is 0 Å². The van der Waals surface area contributed by atoms with E-state index in [4.69, 9.17) is 11.6 Å². The Hall–Kier alpha value is -0.600. The van der Waals surface area contributed by atoms with Gasteiger partial charge in [0.15, 0.2) is 0 Å². The first kappa shape index (κ1) is 11.9. The third-order valence-corrected chi connectivity index (χ3v) is 3.77. The van der Waals surface area contributed by atoms with Crippen molar-refractivity contribution in [1.29, 1.82) is 0 Å². The van der Waals surface area contributed by atoms with Gasteiger partial charge in [0.1, 0.15) is 5.82 Å². The predicted molar refractivity (Wildman–Crippen MR) is 62.9 cm³/mol. The molecule has 1 nitrogen and oxygen atoms in total. The predicted octanol–water partition coefficient (Wildman–Crippen LogP) is 4.09. The Morgan fingerprint density at radius 1 is 1.38 bits per heavy atom. The maximum atomic E-state index is 13.2. The Bertz CT molecular complexity index is 361. The third kappa shape index (κ3) is 2.55. The Labute approximate surface area is 100 Å². The molecule has 1 aromatic rings. The zero-order valence-corrected chi connectivity index (χ0v) is 9.88. The average molecular weight is 243 g/mol. The lowest BCUT2D eigenvalue weighted by Crippen LogP contribution is -2.05. The van der Waals surface area contributed by atoms with E-state index in [0.717, 1.165) is 0 Å². The molecule has 0 amide bonds. The molecule has 2 rings (SSSR count). The van der Waals surface area contributed by atoms with E-state index in [1.165, 1.54) is 31.7 Å². The summed E-state index contributed by atoms with van der Waals surface area (Å²) >= 11 is 5.84. The molecule has 0 bridgehead atoms. The summed E-state index contributed by atoms with van der Waals surface area (Å²) in [4.78, 5) is 0. The van der Waals surface area contributed by atoms with Gasteiger partial charge in [0.05, 0.1) is 11.1 Å². The van der Waals surface area contributed by atoms with E-state index in [-0.39, 0.29) is 5.02 Å². The highest BCUT2D eigenvalue weighted by Gasteiger charge is 2.21. The van der Waals surface area contributed by atoms with Gasteiger partial charge in [0, 0.05) is 5.56 Å². The van der Waals surface area contributed by atoms with Crippen LogP contribution in [0.15, 0.2) is 18.2 Å². The van der Waals surface area contributed by atoms with Crippen molar-refractivity contribution in [3.8, 4) is 0 Å². The minimum atomic E-state index is -0.633. The number of rotatable bonds is 3. The molecule has 3 heteroatoms. The van der Waals surface area contributed by atoms with E-state index in [0.29, 0.717) is 17.9 Å². The van der Waals surface area contributed by atoms with Gasteiger partial charge >= 0.3 is 0 Å². The number of aliphatic hydroxyl groups excluding tert-OH is 1. The van der Waals surface area contributed by atoms with Crippen LogP contribution in [0.25, 0.3) is 0 Å². The molecular formula is C13H16ClFO. The van der Waals surface area contributed by atoms with Crippen molar-refractivity contribution in [2.75, 3.05) is 0 Å². The highest BCUT2D eigenvalue weighted by Crippen LogP contribution is 2.35. The molecule has 16 heavy (non-hydrogen) atoms. The quantitative estimate of drug-likeness (QED) is 0.846. The van der Waals surface area contributed by atoms with Gasteiger partial charge in [-0.05, 0) is 18.4 Å². The number of aliphatic hydroxyl groups is 1. The second-order valence-electron chi connectivity index (χ2n) is 4.55. The highest BCUT2D eigenvalue weighted by molar-refractivity contribution is 6.31. The van der Waals surface area contributed by atoms with Crippen molar-refractivity contribution < 1.29 is 9.50 Å². The van der Waals surface area contributed by atoms with Crippen molar-refractivity contribution in [2.45, 2.75) is 38.2 Å². The summed E-state index contributed by atoms with van der Waals surface area (Å²) in [5, 5.41) is 10.1. The number of halogens is 2. The molecule has 1 aliphatic rings. The van der Waals surface area contributed by atoms with E-state index in [1.807, 2.05) is 0 Å². The van der Waals surface area contributed by atoms with Gasteiger partial charge in [-0.15, -0.1) is 0 Å². The molecule has 88 valence electrons. The first-order chi connectivity index (χ1) is 7.68. The summed E-state index contributed by atoms with van der Waals surface area (Å²) < 4.78 is 13.2. The molecule has 1 N–H and O–H groups in total. The van der Waals surface area contributed by atoms with Crippen LogP contribution < -0.4 is 0 Å². The minimum absolute atomic E-state index is 0.0630. The second-order valence-corrected chi connectivity index (χ2v) is 4.92. The van der Waals surface area contributed by atoms with E-state index < -0.39 is 11.9 Å². The van der Waals surface area contributed by atoms with E-state index >= 15 is 0 Å². The van der Waals surface area contributed by atoms with E-state index in [1.54, 1.807) is 12.1 Å². The molecule has 0 aromatic heterocycles. The van der Waals surface area contributed by atoms with Gasteiger partial charge in [0.25, 0.3) is 0 Å². The molecule has 0 spiro atoms. The fourth-order valence-corrected chi connectivity index (χ4v) is 2.72. The summed E-state index contributed by atoms with van der Waals surface area (Å²) in [7, 11) is 0. The summed E-state index contributed by atoms with van der Waals surface area (Å²) in [6.45, 7) is 0. The normalized spacial score (nSPS) is 18.9. The largest absolute Gasteiger partial charge is 0.388 e. The number of benzene rings is 1.